The number of amides is 2. The van der Waals surface area contributed by atoms with Gasteiger partial charge in [0.2, 0.25) is 0 Å². The van der Waals surface area contributed by atoms with Gasteiger partial charge < -0.3 is 5.73 Å². The zero-order chi connectivity index (χ0) is 13.2. The van der Waals surface area contributed by atoms with Gasteiger partial charge in [-0.25, -0.2) is 9.78 Å². The highest BCUT2D eigenvalue weighted by atomic mass is 16.2. The Bertz CT molecular complexity index is 599. The van der Waals surface area contributed by atoms with Crippen molar-refractivity contribution in [2.24, 2.45) is 5.73 Å². The molecule has 5 heteroatoms. The van der Waals surface area contributed by atoms with Crippen molar-refractivity contribution in [3.05, 3.63) is 54.2 Å². The Balaban J connectivity index is 2.02. The van der Waals surface area contributed by atoms with Crippen LogP contribution in [0.15, 0.2) is 48.7 Å². The molecule has 0 spiro atoms. The second-order valence-corrected chi connectivity index (χ2v) is 4.34. The highest BCUT2D eigenvalue weighted by Gasteiger charge is 2.28. The van der Waals surface area contributed by atoms with Crippen molar-refractivity contribution in [3.8, 4) is 0 Å². The van der Waals surface area contributed by atoms with Crippen LogP contribution in [0.5, 0.6) is 0 Å². The van der Waals surface area contributed by atoms with Crippen molar-refractivity contribution in [1.29, 1.82) is 0 Å². The Kier molecular flexibility index (Phi) is 2.79. The Hall–Kier alpha value is -2.56. The molecule has 0 saturated heterocycles. The highest BCUT2D eigenvalue weighted by Crippen LogP contribution is 2.30. The van der Waals surface area contributed by atoms with E-state index < -0.39 is 6.03 Å². The zero-order valence-electron chi connectivity index (χ0n) is 10.4. The van der Waals surface area contributed by atoms with Crippen molar-refractivity contribution < 1.29 is 4.79 Å². The van der Waals surface area contributed by atoms with Crippen molar-refractivity contribution in [3.63, 3.8) is 0 Å². The Morgan fingerprint density at radius 2 is 2.00 bits per heavy atom. The number of urea groups is 1. The number of rotatable bonds is 2. The molecule has 0 aliphatic carbocycles. The van der Waals surface area contributed by atoms with Gasteiger partial charge in [0.25, 0.3) is 0 Å². The molecule has 19 heavy (non-hydrogen) atoms. The van der Waals surface area contributed by atoms with Gasteiger partial charge in [-0.2, -0.15) is 5.01 Å². The number of aromatic nitrogens is 1. The Morgan fingerprint density at radius 3 is 2.74 bits per heavy atom. The number of carbonyl (C=O) groups is 1. The molecule has 1 aromatic heterocycles. The molecule has 5 nitrogen and oxygen atoms in total. The summed E-state index contributed by atoms with van der Waals surface area (Å²) < 4.78 is 0. The van der Waals surface area contributed by atoms with Crippen LogP contribution in [0.4, 0.5) is 16.3 Å². The first-order chi connectivity index (χ1) is 9.27. The first-order valence-corrected chi connectivity index (χ1v) is 6.13. The number of hydrogen-bond donors (Lipinski definition) is 1. The predicted octanol–water partition coefficient (Wildman–Crippen LogP) is 1.94. The summed E-state index contributed by atoms with van der Waals surface area (Å²) in [6.45, 7) is 0.721. The molecule has 2 heterocycles. The van der Waals surface area contributed by atoms with Gasteiger partial charge >= 0.3 is 6.03 Å². The maximum absolute atomic E-state index is 11.8. The van der Waals surface area contributed by atoms with Gasteiger partial charge in [-0.05, 0) is 30.2 Å². The summed E-state index contributed by atoms with van der Waals surface area (Å²) in [6, 6.07) is 12.9. The number of fused-ring (bicyclic) bond motifs is 1. The summed E-state index contributed by atoms with van der Waals surface area (Å²) in [5, 5.41) is 3.30. The van der Waals surface area contributed by atoms with E-state index in [1.807, 2.05) is 29.3 Å². The van der Waals surface area contributed by atoms with Gasteiger partial charge in [0.05, 0.1) is 5.69 Å². The van der Waals surface area contributed by atoms with Crippen molar-refractivity contribution in [2.45, 2.75) is 6.42 Å². The van der Waals surface area contributed by atoms with Crippen LogP contribution in [0.3, 0.4) is 0 Å². The lowest BCUT2D eigenvalue weighted by molar-refractivity contribution is 0.253. The largest absolute Gasteiger partial charge is 0.350 e. The first kappa shape index (κ1) is 11.5. The fraction of sp³-hybridized carbons (Fsp3) is 0.143. The lowest BCUT2D eigenvalue weighted by Crippen LogP contribution is -2.49. The van der Waals surface area contributed by atoms with E-state index in [9.17, 15) is 4.79 Å². The topological polar surface area (TPSA) is 62.5 Å². The third-order valence-electron chi connectivity index (χ3n) is 3.18. The van der Waals surface area contributed by atoms with Crippen LogP contribution in [0, 0.1) is 0 Å². The number of para-hydroxylation sites is 1. The third-order valence-corrected chi connectivity index (χ3v) is 3.18. The first-order valence-electron chi connectivity index (χ1n) is 6.13. The average molecular weight is 254 g/mol. The Labute approximate surface area is 111 Å². The summed E-state index contributed by atoms with van der Waals surface area (Å²) in [7, 11) is 0. The van der Waals surface area contributed by atoms with Gasteiger partial charge in [-0.15, -0.1) is 0 Å². The van der Waals surface area contributed by atoms with Crippen LogP contribution in [-0.4, -0.2) is 17.6 Å². The van der Waals surface area contributed by atoms with Gasteiger partial charge in [0.1, 0.15) is 0 Å². The number of anilines is 2. The molecule has 0 fully saturated rings. The lowest BCUT2D eigenvalue weighted by Gasteiger charge is -2.31. The molecule has 0 bridgehead atoms. The monoisotopic (exact) mass is 254 g/mol. The molecular formula is C14H14N4O. The van der Waals surface area contributed by atoms with Gasteiger partial charge in [-0.3, -0.25) is 5.01 Å². The quantitative estimate of drug-likeness (QED) is 0.890. The fourth-order valence-electron chi connectivity index (χ4n) is 2.36. The molecule has 1 aliphatic heterocycles. The van der Waals surface area contributed by atoms with Crippen molar-refractivity contribution >= 4 is 17.5 Å². The molecule has 1 aromatic carbocycles. The second kappa shape index (κ2) is 4.61. The molecular weight excluding hydrogens is 240 g/mol. The van der Waals surface area contributed by atoms with E-state index in [-0.39, 0.29) is 0 Å². The molecule has 0 unspecified atom stereocenters. The van der Waals surface area contributed by atoms with E-state index >= 15 is 0 Å². The number of hydrogen-bond acceptors (Lipinski definition) is 3. The summed E-state index contributed by atoms with van der Waals surface area (Å²) in [5.74, 6) is 0.534. The van der Waals surface area contributed by atoms with Crippen LogP contribution >= 0.6 is 0 Å². The molecule has 0 radical (unpaired) electrons. The second-order valence-electron chi connectivity index (χ2n) is 4.34. The molecule has 3 rings (SSSR count). The summed E-state index contributed by atoms with van der Waals surface area (Å²) in [4.78, 5) is 16.0. The van der Waals surface area contributed by atoms with Crippen molar-refractivity contribution in [2.75, 3.05) is 16.6 Å². The molecule has 1 aliphatic rings. The van der Waals surface area contributed by atoms with Gasteiger partial charge in [0.15, 0.2) is 5.82 Å². The fourth-order valence-corrected chi connectivity index (χ4v) is 2.36. The maximum atomic E-state index is 11.8. The molecule has 0 atom stereocenters. The lowest BCUT2D eigenvalue weighted by atomic mass is 10.2. The van der Waals surface area contributed by atoms with Crippen LogP contribution in [0.2, 0.25) is 0 Å². The SMILES string of the molecule is NC(=O)N(c1ccccn1)N1CCc2ccccc21. The standard InChI is InChI=1S/C14H14N4O/c15-14(19)18(13-7-3-4-9-16-13)17-10-8-11-5-1-2-6-12(11)17/h1-7,9H,8,10H2,(H2,15,19). The molecule has 2 N–H and O–H groups in total. The summed E-state index contributed by atoms with van der Waals surface area (Å²) >= 11 is 0. The van der Waals surface area contributed by atoms with E-state index in [1.54, 1.807) is 18.3 Å². The summed E-state index contributed by atoms with van der Waals surface area (Å²) in [5.41, 5.74) is 7.73. The van der Waals surface area contributed by atoms with Crippen LogP contribution in [0.1, 0.15) is 5.56 Å². The number of nitrogens with two attached hydrogens (primary N) is 1. The predicted molar refractivity (Wildman–Crippen MR) is 73.8 cm³/mol. The number of primary amides is 1. The molecule has 96 valence electrons. The van der Waals surface area contributed by atoms with E-state index in [1.165, 1.54) is 10.6 Å². The van der Waals surface area contributed by atoms with Crippen LogP contribution in [-0.2, 0) is 6.42 Å². The van der Waals surface area contributed by atoms with Crippen LogP contribution in [0.25, 0.3) is 0 Å². The number of benzene rings is 1. The number of nitrogens with zero attached hydrogens (tertiary/aromatic N) is 3. The molecule has 2 aromatic rings. The third kappa shape index (κ3) is 1.99. The normalized spacial score (nSPS) is 13.2. The van der Waals surface area contributed by atoms with Gasteiger partial charge in [-0.1, -0.05) is 24.3 Å². The van der Waals surface area contributed by atoms with E-state index in [0.29, 0.717) is 5.82 Å². The van der Waals surface area contributed by atoms with Gasteiger partial charge in [0, 0.05) is 12.7 Å². The maximum Gasteiger partial charge on any atom is 0.339 e. The van der Waals surface area contributed by atoms with E-state index in [4.69, 9.17) is 5.73 Å². The van der Waals surface area contributed by atoms with E-state index in [0.717, 1.165) is 18.7 Å². The molecule has 0 saturated carbocycles. The minimum absolute atomic E-state index is 0.532. The average Bonchev–Trinajstić information content (AvgIpc) is 2.84. The van der Waals surface area contributed by atoms with E-state index in [2.05, 4.69) is 11.1 Å². The zero-order valence-corrected chi connectivity index (χ0v) is 10.4. The van der Waals surface area contributed by atoms with Crippen LogP contribution < -0.4 is 15.8 Å². The molecule has 2 amide bonds. The van der Waals surface area contributed by atoms with Crippen molar-refractivity contribution in [1.82, 2.24) is 4.98 Å². The summed E-state index contributed by atoms with van der Waals surface area (Å²) in [6.07, 6.45) is 2.54. The number of carbonyl (C=O) groups excluding carboxylic acids is 1. The minimum atomic E-state index is -0.532. The number of hydrazine groups is 1. The minimum Gasteiger partial charge on any atom is -0.350 e. The Morgan fingerprint density at radius 1 is 1.21 bits per heavy atom. The smallest absolute Gasteiger partial charge is 0.339 e. The number of pyridine rings is 1. The highest BCUT2D eigenvalue weighted by molar-refractivity contribution is 5.93.